The Bertz CT molecular complexity index is 459. The van der Waals surface area contributed by atoms with E-state index in [1.807, 2.05) is 13.0 Å². The molecule has 1 atom stereocenters. The predicted molar refractivity (Wildman–Crippen MR) is 73.2 cm³/mol. The summed E-state index contributed by atoms with van der Waals surface area (Å²) in [6.07, 6.45) is 2.07. The largest absolute Gasteiger partial charge is 0.497 e. The van der Waals surface area contributed by atoms with Crippen LogP contribution in [0.3, 0.4) is 0 Å². The van der Waals surface area contributed by atoms with Gasteiger partial charge >= 0.3 is 5.97 Å². The molecule has 0 bridgehead atoms. The summed E-state index contributed by atoms with van der Waals surface area (Å²) >= 11 is 0. The van der Waals surface area contributed by atoms with E-state index in [4.69, 9.17) is 9.47 Å². The van der Waals surface area contributed by atoms with Gasteiger partial charge in [-0.1, -0.05) is 6.07 Å². The van der Waals surface area contributed by atoms with Crippen LogP contribution in [0.4, 0.5) is 0 Å². The highest BCUT2D eigenvalue weighted by Crippen LogP contribution is 2.24. The topological polar surface area (TPSA) is 38.8 Å². The summed E-state index contributed by atoms with van der Waals surface area (Å²) in [6, 6.07) is 5.97. The molecule has 0 fully saturated rings. The first-order valence-corrected chi connectivity index (χ1v) is 6.63. The summed E-state index contributed by atoms with van der Waals surface area (Å²) in [7, 11) is 3.12. The van der Waals surface area contributed by atoms with E-state index in [9.17, 15) is 4.79 Å². The second-order valence-electron chi connectivity index (χ2n) is 4.91. The molecule has 0 N–H and O–H groups in total. The van der Waals surface area contributed by atoms with Gasteiger partial charge in [0.15, 0.2) is 0 Å². The van der Waals surface area contributed by atoms with Gasteiger partial charge in [-0.3, -0.25) is 9.69 Å². The molecule has 0 aromatic heterocycles. The number of fused-ring (bicyclic) bond motifs is 1. The monoisotopic (exact) mass is 263 g/mol. The molecule has 1 aliphatic heterocycles. The third kappa shape index (κ3) is 3.07. The second kappa shape index (κ2) is 6.06. The van der Waals surface area contributed by atoms with Gasteiger partial charge in [-0.15, -0.1) is 0 Å². The molecule has 0 amide bonds. The summed E-state index contributed by atoms with van der Waals surface area (Å²) in [5.74, 6) is 0.727. The van der Waals surface area contributed by atoms with Crippen molar-refractivity contribution in [2.24, 2.45) is 0 Å². The fourth-order valence-corrected chi connectivity index (χ4v) is 2.54. The van der Waals surface area contributed by atoms with Crippen molar-refractivity contribution in [1.29, 1.82) is 0 Å². The maximum absolute atomic E-state index is 11.7. The third-order valence-corrected chi connectivity index (χ3v) is 3.77. The van der Waals surface area contributed by atoms with Crippen LogP contribution in [0, 0.1) is 0 Å². The molecule has 1 aromatic carbocycles. The average molecular weight is 263 g/mol. The number of ether oxygens (including phenoxy) is 2. The number of carbonyl (C=O) groups is 1. The van der Waals surface area contributed by atoms with E-state index in [1.165, 1.54) is 18.2 Å². The molecule has 0 saturated heterocycles. The van der Waals surface area contributed by atoms with Crippen LogP contribution in [0.25, 0.3) is 0 Å². The van der Waals surface area contributed by atoms with Gasteiger partial charge in [0.05, 0.1) is 14.2 Å². The van der Waals surface area contributed by atoms with Gasteiger partial charge < -0.3 is 9.47 Å². The molecular formula is C15H21NO3. The zero-order valence-corrected chi connectivity index (χ0v) is 11.8. The zero-order chi connectivity index (χ0) is 13.8. The van der Waals surface area contributed by atoms with E-state index in [0.717, 1.165) is 31.7 Å². The molecular weight excluding hydrogens is 242 g/mol. The summed E-state index contributed by atoms with van der Waals surface area (Å²) in [6.45, 7) is 3.60. The molecule has 0 aliphatic carbocycles. The third-order valence-electron chi connectivity index (χ3n) is 3.77. The molecule has 1 heterocycles. The lowest BCUT2D eigenvalue weighted by Crippen LogP contribution is -2.39. The highest BCUT2D eigenvalue weighted by Gasteiger charge is 2.24. The van der Waals surface area contributed by atoms with Crippen LogP contribution in [0.2, 0.25) is 0 Å². The lowest BCUT2D eigenvalue weighted by Gasteiger charge is -2.25. The lowest BCUT2D eigenvalue weighted by atomic mass is 10.0. The van der Waals surface area contributed by atoms with Gasteiger partial charge in [0.2, 0.25) is 0 Å². The number of rotatable bonds is 3. The van der Waals surface area contributed by atoms with E-state index >= 15 is 0 Å². The number of hydrogen-bond acceptors (Lipinski definition) is 4. The van der Waals surface area contributed by atoms with Gasteiger partial charge in [0, 0.05) is 6.54 Å². The Morgan fingerprint density at radius 3 is 2.79 bits per heavy atom. The van der Waals surface area contributed by atoms with Crippen LogP contribution in [-0.4, -0.2) is 37.7 Å². The maximum atomic E-state index is 11.7. The van der Waals surface area contributed by atoms with Crippen molar-refractivity contribution in [2.75, 3.05) is 20.8 Å². The van der Waals surface area contributed by atoms with Crippen LogP contribution in [-0.2, 0) is 22.5 Å². The normalized spacial score (nSPS) is 17.2. The van der Waals surface area contributed by atoms with Gasteiger partial charge in [0.25, 0.3) is 0 Å². The Morgan fingerprint density at radius 1 is 1.32 bits per heavy atom. The SMILES string of the molecule is COC(=O)[C@H](C)N1CCCc2cc(OC)ccc2C1. The standard InChI is InChI=1S/C15H21NO3/c1-11(15(17)19-3)16-8-4-5-12-9-14(18-2)7-6-13(12)10-16/h6-7,9,11H,4-5,8,10H2,1-3H3/t11-/m0/s1. The number of aryl methyl sites for hydroxylation is 1. The molecule has 104 valence electrons. The van der Waals surface area contributed by atoms with Crippen LogP contribution in [0.1, 0.15) is 24.5 Å². The summed E-state index contributed by atoms with van der Waals surface area (Å²) in [4.78, 5) is 13.8. The second-order valence-corrected chi connectivity index (χ2v) is 4.91. The van der Waals surface area contributed by atoms with E-state index in [1.54, 1.807) is 7.11 Å². The molecule has 4 heteroatoms. The van der Waals surface area contributed by atoms with Crippen molar-refractivity contribution >= 4 is 5.97 Å². The number of hydrogen-bond donors (Lipinski definition) is 0. The first-order valence-electron chi connectivity index (χ1n) is 6.63. The molecule has 0 saturated carbocycles. The number of methoxy groups -OCH3 is 2. The molecule has 0 spiro atoms. The van der Waals surface area contributed by atoms with Crippen LogP contribution in [0.15, 0.2) is 18.2 Å². The summed E-state index contributed by atoms with van der Waals surface area (Å²) in [5, 5.41) is 0. The molecule has 19 heavy (non-hydrogen) atoms. The van der Waals surface area contributed by atoms with E-state index < -0.39 is 0 Å². The average Bonchev–Trinajstić information content (AvgIpc) is 2.66. The Balaban J connectivity index is 2.18. The zero-order valence-electron chi connectivity index (χ0n) is 11.8. The minimum atomic E-state index is -0.196. The van der Waals surface area contributed by atoms with Crippen molar-refractivity contribution < 1.29 is 14.3 Å². The van der Waals surface area contributed by atoms with Crippen LogP contribution < -0.4 is 4.74 Å². The number of benzene rings is 1. The first kappa shape index (κ1) is 13.9. The minimum absolute atomic E-state index is 0.169. The smallest absolute Gasteiger partial charge is 0.322 e. The van der Waals surface area contributed by atoms with Gasteiger partial charge in [0.1, 0.15) is 11.8 Å². The fraction of sp³-hybridized carbons (Fsp3) is 0.533. The Kier molecular flexibility index (Phi) is 4.43. The molecule has 1 aromatic rings. The molecule has 0 unspecified atom stereocenters. The Labute approximate surface area is 114 Å². The quantitative estimate of drug-likeness (QED) is 0.782. The Hall–Kier alpha value is -1.55. The van der Waals surface area contributed by atoms with Crippen LogP contribution >= 0.6 is 0 Å². The molecule has 2 rings (SSSR count). The van der Waals surface area contributed by atoms with Gasteiger partial charge in [-0.05, 0) is 49.6 Å². The lowest BCUT2D eigenvalue weighted by molar-refractivity contribution is -0.146. The van der Waals surface area contributed by atoms with Crippen LogP contribution in [0.5, 0.6) is 5.75 Å². The molecule has 1 aliphatic rings. The van der Waals surface area contributed by atoms with Crippen molar-refractivity contribution in [3.63, 3.8) is 0 Å². The molecule has 0 radical (unpaired) electrons. The molecule has 4 nitrogen and oxygen atoms in total. The van der Waals surface area contributed by atoms with E-state index in [2.05, 4.69) is 17.0 Å². The van der Waals surface area contributed by atoms with Crippen molar-refractivity contribution in [3.8, 4) is 5.75 Å². The van der Waals surface area contributed by atoms with Gasteiger partial charge in [-0.25, -0.2) is 0 Å². The predicted octanol–water partition coefficient (Wildman–Crippen LogP) is 2.00. The van der Waals surface area contributed by atoms with E-state index in [0.29, 0.717) is 0 Å². The Morgan fingerprint density at radius 2 is 2.11 bits per heavy atom. The first-order chi connectivity index (χ1) is 9.15. The van der Waals surface area contributed by atoms with Crippen molar-refractivity contribution in [2.45, 2.75) is 32.4 Å². The van der Waals surface area contributed by atoms with Crippen molar-refractivity contribution in [1.82, 2.24) is 4.90 Å². The van der Waals surface area contributed by atoms with E-state index in [-0.39, 0.29) is 12.0 Å². The maximum Gasteiger partial charge on any atom is 0.322 e. The van der Waals surface area contributed by atoms with Gasteiger partial charge in [-0.2, -0.15) is 0 Å². The van der Waals surface area contributed by atoms with Crippen molar-refractivity contribution in [3.05, 3.63) is 29.3 Å². The number of esters is 1. The minimum Gasteiger partial charge on any atom is -0.497 e. The highest BCUT2D eigenvalue weighted by atomic mass is 16.5. The fourth-order valence-electron chi connectivity index (χ4n) is 2.54. The number of nitrogens with zero attached hydrogens (tertiary/aromatic N) is 1. The highest BCUT2D eigenvalue weighted by molar-refractivity contribution is 5.75. The number of carbonyl (C=O) groups excluding carboxylic acids is 1. The summed E-state index contributed by atoms with van der Waals surface area (Å²) in [5.41, 5.74) is 2.59. The summed E-state index contributed by atoms with van der Waals surface area (Å²) < 4.78 is 10.1.